The van der Waals surface area contributed by atoms with Gasteiger partial charge in [-0.2, -0.15) is 0 Å². The average Bonchev–Trinajstić information content (AvgIpc) is 3.31. The second-order valence-electron chi connectivity index (χ2n) is 14.9. The lowest BCUT2D eigenvalue weighted by atomic mass is 9.41. The van der Waals surface area contributed by atoms with Crippen LogP contribution in [0.4, 0.5) is 0 Å². The van der Waals surface area contributed by atoms with E-state index in [2.05, 4.69) is 32.6 Å². The van der Waals surface area contributed by atoms with E-state index in [0.717, 1.165) is 42.6 Å². The van der Waals surface area contributed by atoms with Crippen molar-refractivity contribution in [3.8, 4) is 0 Å². The first-order valence-electron chi connectivity index (χ1n) is 14.7. The normalized spacial score (nSPS) is 61.1. The molecule has 4 nitrogen and oxygen atoms in total. The number of piperidine rings is 2. The van der Waals surface area contributed by atoms with Gasteiger partial charge in [0.2, 0.25) is 0 Å². The van der Waals surface area contributed by atoms with Gasteiger partial charge in [0.1, 0.15) is 5.60 Å². The summed E-state index contributed by atoms with van der Waals surface area (Å²) in [5.74, 6) is 3.20. The van der Waals surface area contributed by atoms with E-state index in [0.29, 0.717) is 22.8 Å². The number of ether oxygens (including phenoxy) is 1. The van der Waals surface area contributed by atoms with Crippen molar-refractivity contribution in [3.05, 3.63) is 0 Å². The molecular formula is C30H47NO3. The van der Waals surface area contributed by atoms with Gasteiger partial charge >= 0.3 is 5.97 Å². The maximum atomic E-state index is 13.1. The zero-order chi connectivity index (χ0) is 23.9. The molecule has 12 atom stereocenters. The number of aliphatic hydroxyl groups excluding tert-OH is 1. The maximum absolute atomic E-state index is 13.1. The van der Waals surface area contributed by atoms with Gasteiger partial charge in [0, 0.05) is 24.0 Å². The van der Waals surface area contributed by atoms with E-state index in [4.69, 9.17) is 4.74 Å². The summed E-state index contributed by atoms with van der Waals surface area (Å²) >= 11 is 0. The van der Waals surface area contributed by atoms with Crippen LogP contribution < -0.4 is 0 Å². The Kier molecular flexibility index (Phi) is 4.40. The highest BCUT2D eigenvalue weighted by atomic mass is 16.6. The van der Waals surface area contributed by atoms with E-state index >= 15 is 0 Å². The van der Waals surface area contributed by atoms with Gasteiger partial charge in [0.05, 0.1) is 11.5 Å². The molecule has 7 bridgehead atoms. The number of fused-ring (bicyclic) bond motifs is 4. The summed E-state index contributed by atoms with van der Waals surface area (Å²) in [5, 5.41) is 11.0. The fraction of sp³-hybridized carbons (Fsp3) is 0.967. The van der Waals surface area contributed by atoms with E-state index in [1.165, 1.54) is 57.9 Å². The molecule has 190 valence electrons. The average molecular weight is 470 g/mol. The van der Waals surface area contributed by atoms with E-state index < -0.39 is 17.1 Å². The molecule has 4 saturated heterocycles. The molecule has 0 aromatic carbocycles. The van der Waals surface area contributed by atoms with Gasteiger partial charge in [-0.3, -0.25) is 9.69 Å². The standard InChI is InChI=1S/C30H47NO3/c1-18(2)20-9-13-26(3)19-8-15-29-12-6-7-22(29)30(26,24(20)31(29)17-19)16-10-21-27(4)14-11-23(32)28(21,5)25(33)34-27/h18-24,32H,6-17H2,1-5H3/t19-,20+,21-,22+,23+,24-,26-,27-,28-,29+,30-/m0/s1. The fourth-order valence-electron chi connectivity index (χ4n) is 12.5. The van der Waals surface area contributed by atoms with Gasteiger partial charge in [-0.25, -0.2) is 0 Å². The van der Waals surface area contributed by atoms with E-state index in [9.17, 15) is 9.90 Å². The number of aliphatic hydroxyl groups is 1. The van der Waals surface area contributed by atoms with Gasteiger partial charge in [0.25, 0.3) is 0 Å². The van der Waals surface area contributed by atoms with Gasteiger partial charge in [-0.05, 0) is 113 Å². The molecule has 34 heavy (non-hydrogen) atoms. The minimum Gasteiger partial charge on any atom is -0.459 e. The largest absolute Gasteiger partial charge is 0.459 e. The Balaban J connectivity index is 1.34. The number of rotatable bonds is 4. The topological polar surface area (TPSA) is 49.8 Å². The summed E-state index contributed by atoms with van der Waals surface area (Å²) in [7, 11) is 0. The third-order valence-electron chi connectivity index (χ3n) is 14.1. The Labute approximate surface area is 206 Å². The maximum Gasteiger partial charge on any atom is 0.315 e. The van der Waals surface area contributed by atoms with Crippen LogP contribution in [0.3, 0.4) is 0 Å². The lowest BCUT2D eigenvalue weighted by Crippen LogP contribution is -2.68. The van der Waals surface area contributed by atoms with Gasteiger partial charge in [-0.1, -0.05) is 27.2 Å². The van der Waals surface area contributed by atoms with Crippen molar-refractivity contribution >= 4 is 5.97 Å². The van der Waals surface area contributed by atoms with Crippen LogP contribution in [0.2, 0.25) is 0 Å². The zero-order valence-corrected chi connectivity index (χ0v) is 22.2. The van der Waals surface area contributed by atoms with E-state index in [1.807, 2.05) is 6.92 Å². The lowest BCUT2D eigenvalue weighted by Gasteiger charge is -2.67. The van der Waals surface area contributed by atoms with Crippen LogP contribution >= 0.6 is 0 Å². The van der Waals surface area contributed by atoms with Crippen LogP contribution in [0, 0.1) is 45.8 Å². The Morgan fingerprint density at radius 2 is 1.85 bits per heavy atom. The SMILES string of the molecule is CC(C)[C@H]1CC[C@@]2(C)[C@H]3CC[C@]45CCC[C@H]4[C@@]2(CC[C@@H]2[C@]4(C)C(=O)O[C@@]2(C)CC[C@H]4O)[C@H]1N5C3. The summed E-state index contributed by atoms with van der Waals surface area (Å²) in [6, 6.07) is 0.719. The second-order valence-corrected chi connectivity index (χ2v) is 14.9. The molecule has 0 aromatic heterocycles. The number of hydrogen-bond donors (Lipinski definition) is 1. The molecule has 1 spiro atoms. The minimum atomic E-state index is -0.726. The molecule has 0 aromatic rings. The molecule has 4 heteroatoms. The summed E-state index contributed by atoms with van der Waals surface area (Å²) in [6.45, 7) is 13.2. The molecule has 3 aliphatic carbocycles. The molecule has 1 N–H and O–H groups in total. The van der Waals surface area contributed by atoms with Crippen molar-refractivity contribution in [1.82, 2.24) is 4.90 Å². The molecule has 4 heterocycles. The first-order valence-corrected chi connectivity index (χ1v) is 14.7. The molecule has 3 saturated carbocycles. The molecular weight excluding hydrogens is 422 g/mol. The van der Waals surface area contributed by atoms with Gasteiger partial charge in [0.15, 0.2) is 0 Å². The number of carbonyl (C=O) groups is 1. The highest BCUT2D eigenvalue weighted by Gasteiger charge is 2.80. The highest BCUT2D eigenvalue weighted by molar-refractivity contribution is 5.81. The first-order chi connectivity index (χ1) is 16.0. The number of hydrogen-bond acceptors (Lipinski definition) is 4. The van der Waals surface area contributed by atoms with Crippen molar-refractivity contribution < 1.29 is 14.6 Å². The number of nitrogens with zero attached hydrogens (tertiary/aromatic N) is 1. The van der Waals surface area contributed by atoms with Crippen molar-refractivity contribution in [2.45, 2.75) is 129 Å². The summed E-state index contributed by atoms with van der Waals surface area (Å²) in [4.78, 5) is 16.2. The minimum absolute atomic E-state index is 0.136. The fourth-order valence-corrected chi connectivity index (χ4v) is 12.5. The second kappa shape index (κ2) is 6.63. The molecule has 0 amide bonds. The van der Waals surface area contributed by atoms with Crippen LogP contribution in [0.25, 0.3) is 0 Å². The molecule has 1 unspecified atom stereocenters. The van der Waals surface area contributed by atoms with Crippen molar-refractivity contribution in [2.75, 3.05) is 6.54 Å². The third kappa shape index (κ3) is 2.22. The van der Waals surface area contributed by atoms with Gasteiger partial charge in [-0.15, -0.1) is 0 Å². The molecule has 7 fully saturated rings. The lowest BCUT2D eigenvalue weighted by molar-refractivity contribution is -0.186. The highest BCUT2D eigenvalue weighted by Crippen LogP contribution is 2.79. The Hall–Kier alpha value is -0.610. The summed E-state index contributed by atoms with van der Waals surface area (Å²) in [5.41, 5.74) is 0.131. The number of esters is 1. The van der Waals surface area contributed by atoms with Crippen LogP contribution in [0.1, 0.15) is 105 Å². The number of carbonyl (C=O) groups excluding carboxylic acids is 1. The van der Waals surface area contributed by atoms with Crippen LogP contribution in [-0.4, -0.2) is 45.8 Å². The molecule has 7 rings (SSSR count). The van der Waals surface area contributed by atoms with Crippen LogP contribution in [-0.2, 0) is 9.53 Å². The Morgan fingerprint density at radius 3 is 2.62 bits per heavy atom. The van der Waals surface area contributed by atoms with Crippen LogP contribution in [0.15, 0.2) is 0 Å². The van der Waals surface area contributed by atoms with Crippen LogP contribution in [0.5, 0.6) is 0 Å². The van der Waals surface area contributed by atoms with Crippen molar-refractivity contribution in [3.63, 3.8) is 0 Å². The predicted molar refractivity (Wildman–Crippen MR) is 132 cm³/mol. The first kappa shape index (κ1) is 22.6. The smallest absolute Gasteiger partial charge is 0.315 e. The third-order valence-corrected chi connectivity index (χ3v) is 14.1. The Bertz CT molecular complexity index is 919. The van der Waals surface area contributed by atoms with Gasteiger partial charge < -0.3 is 9.84 Å². The van der Waals surface area contributed by atoms with E-state index in [-0.39, 0.29) is 11.9 Å². The van der Waals surface area contributed by atoms with E-state index in [1.54, 1.807) is 0 Å². The molecule has 4 aliphatic heterocycles. The monoisotopic (exact) mass is 469 g/mol. The molecule has 7 aliphatic rings. The predicted octanol–water partition coefficient (Wildman–Crippen LogP) is 5.56. The summed E-state index contributed by atoms with van der Waals surface area (Å²) < 4.78 is 6.08. The zero-order valence-electron chi connectivity index (χ0n) is 22.2. The van der Waals surface area contributed by atoms with Crippen molar-refractivity contribution in [1.29, 1.82) is 0 Å². The summed E-state index contributed by atoms with van der Waals surface area (Å²) in [6.07, 6.45) is 13.1. The van der Waals surface area contributed by atoms with Crippen molar-refractivity contribution in [2.24, 2.45) is 45.8 Å². The quantitative estimate of drug-likeness (QED) is 0.547. The molecule has 0 radical (unpaired) electrons. The Morgan fingerprint density at radius 1 is 1.06 bits per heavy atom.